The van der Waals surface area contributed by atoms with E-state index in [1.807, 2.05) is 0 Å². The monoisotopic (exact) mass is 255 g/mol. The molecule has 0 aromatic heterocycles. The molecule has 0 saturated carbocycles. The summed E-state index contributed by atoms with van der Waals surface area (Å²) >= 11 is 5.67. The van der Waals surface area contributed by atoms with E-state index in [2.05, 4.69) is 5.32 Å². The Hall–Kier alpha value is -0.930. The van der Waals surface area contributed by atoms with Gasteiger partial charge in [-0.1, -0.05) is 17.7 Å². The molecule has 17 heavy (non-hydrogen) atoms. The molecule has 1 fully saturated rings. The molecule has 2 rings (SSSR count). The van der Waals surface area contributed by atoms with Crippen LogP contribution in [0.1, 0.15) is 24.8 Å². The lowest BCUT2D eigenvalue weighted by Gasteiger charge is -2.09. The number of hydrogen-bond donors (Lipinski definition) is 1. The minimum atomic E-state index is -0.444. The van der Waals surface area contributed by atoms with Crippen LogP contribution in [0, 0.1) is 5.82 Å². The van der Waals surface area contributed by atoms with Crippen molar-refractivity contribution in [2.24, 2.45) is 0 Å². The van der Waals surface area contributed by atoms with E-state index in [9.17, 15) is 9.18 Å². The summed E-state index contributed by atoms with van der Waals surface area (Å²) in [5.74, 6) is -0.271. The predicted octanol–water partition coefficient (Wildman–Crippen LogP) is 2.73. The lowest BCUT2D eigenvalue weighted by molar-refractivity contribution is -0.118. The highest BCUT2D eigenvalue weighted by atomic mass is 35.5. The number of nitrogens with one attached hydrogen (secondary N) is 1. The first-order valence-corrected chi connectivity index (χ1v) is 6.22. The van der Waals surface area contributed by atoms with Crippen molar-refractivity contribution in [1.29, 1.82) is 0 Å². The van der Waals surface area contributed by atoms with E-state index in [0.717, 1.165) is 24.9 Å². The van der Waals surface area contributed by atoms with Gasteiger partial charge in [-0.25, -0.2) is 4.39 Å². The Balaban J connectivity index is 1.90. The zero-order chi connectivity index (χ0) is 12.3. The highest BCUT2D eigenvalue weighted by molar-refractivity contribution is 6.30. The largest absolute Gasteiger partial charge is 0.314 e. The predicted molar refractivity (Wildman–Crippen MR) is 65.8 cm³/mol. The van der Waals surface area contributed by atoms with Crippen molar-refractivity contribution < 1.29 is 9.18 Å². The van der Waals surface area contributed by atoms with Gasteiger partial charge in [0.15, 0.2) is 0 Å². The zero-order valence-corrected chi connectivity index (χ0v) is 10.3. The van der Waals surface area contributed by atoms with Crippen molar-refractivity contribution in [2.75, 3.05) is 6.54 Å². The Morgan fingerprint density at radius 3 is 3.00 bits per heavy atom. The minimum absolute atomic E-state index is 0.0780. The van der Waals surface area contributed by atoms with Gasteiger partial charge < -0.3 is 5.32 Å². The molecule has 0 bridgehead atoms. The zero-order valence-electron chi connectivity index (χ0n) is 9.51. The molecular weight excluding hydrogens is 241 g/mol. The van der Waals surface area contributed by atoms with Crippen molar-refractivity contribution in [2.45, 2.75) is 31.7 Å². The molecule has 1 aromatic carbocycles. The molecule has 0 spiro atoms. The lowest BCUT2D eigenvalue weighted by Crippen LogP contribution is -2.25. The van der Waals surface area contributed by atoms with E-state index in [1.54, 1.807) is 6.07 Å². The molecule has 1 heterocycles. The number of halogens is 2. The minimum Gasteiger partial charge on any atom is -0.314 e. The number of ketones is 1. The van der Waals surface area contributed by atoms with Crippen LogP contribution in [0.3, 0.4) is 0 Å². The maximum absolute atomic E-state index is 12.9. The fourth-order valence-electron chi connectivity index (χ4n) is 2.16. The number of carbonyl (C=O) groups is 1. The van der Waals surface area contributed by atoms with Crippen molar-refractivity contribution in [3.63, 3.8) is 0 Å². The number of Topliss-reactive ketones (excluding diaryl/α,β-unsaturated/α-hetero) is 1. The van der Waals surface area contributed by atoms with E-state index in [1.165, 1.54) is 12.1 Å². The van der Waals surface area contributed by atoms with Crippen molar-refractivity contribution in [3.05, 3.63) is 34.6 Å². The van der Waals surface area contributed by atoms with Crippen molar-refractivity contribution in [1.82, 2.24) is 5.32 Å². The Morgan fingerprint density at radius 1 is 1.53 bits per heavy atom. The van der Waals surface area contributed by atoms with Crippen LogP contribution in [-0.4, -0.2) is 18.4 Å². The van der Waals surface area contributed by atoms with Crippen LogP contribution >= 0.6 is 11.6 Å². The first-order valence-electron chi connectivity index (χ1n) is 5.84. The Bertz CT molecular complexity index is 416. The maximum Gasteiger partial charge on any atom is 0.141 e. The first kappa shape index (κ1) is 12.5. The summed E-state index contributed by atoms with van der Waals surface area (Å²) < 4.78 is 12.9. The molecular formula is C13H15ClFNO. The first-order chi connectivity index (χ1) is 8.15. The van der Waals surface area contributed by atoms with Crippen LogP contribution in [-0.2, 0) is 11.2 Å². The normalized spacial score (nSPS) is 19.5. The highest BCUT2D eigenvalue weighted by Gasteiger charge is 2.17. The second kappa shape index (κ2) is 5.61. The Morgan fingerprint density at radius 2 is 2.35 bits per heavy atom. The molecule has 4 heteroatoms. The van der Waals surface area contributed by atoms with E-state index in [0.29, 0.717) is 18.9 Å². The highest BCUT2D eigenvalue weighted by Crippen LogP contribution is 2.17. The SMILES string of the molecule is O=C(Cc1ccc(F)c(Cl)c1)CC1CCCN1. The third kappa shape index (κ3) is 3.51. The second-order valence-electron chi connectivity index (χ2n) is 4.46. The van der Waals surface area contributed by atoms with Gasteiger partial charge >= 0.3 is 0 Å². The van der Waals surface area contributed by atoms with Gasteiger partial charge in [-0.3, -0.25) is 4.79 Å². The summed E-state index contributed by atoms with van der Waals surface area (Å²) in [6, 6.07) is 4.76. The Labute approximate surface area is 105 Å². The van der Waals surface area contributed by atoms with Gasteiger partial charge in [0, 0.05) is 18.9 Å². The molecule has 1 unspecified atom stereocenters. The van der Waals surface area contributed by atoms with Gasteiger partial charge in [0.05, 0.1) is 5.02 Å². The number of rotatable bonds is 4. The summed E-state index contributed by atoms with van der Waals surface area (Å²) in [4.78, 5) is 11.8. The van der Waals surface area contributed by atoms with Gasteiger partial charge in [-0.15, -0.1) is 0 Å². The second-order valence-corrected chi connectivity index (χ2v) is 4.87. The van der Waals surface area contributed by atoms with Gasteiger partial charge in [-0.2, -0.15) is 0 Å². The molecule has 92 valence electrons. The molecule has 1 aliphatic heterocycles. The fourth-order valence-corrected chi connectivity index (χ4v) is 2.36. The van der Waals surface area contributed by atoms with Crippen LogP contribution in [0.15, 0.2) is 18.2 Å². The molecule has 1 saturated heterocycles. The van der Waals surface area contributed by atoms with Crippen LogP contribution in [0.2, 0.25) is 5.02 Å². The van der Waals surface area contributed by atoms with E-state index in [4.69, 9.17) is 11.6 Å². The maximum atomic E-state index is 12.9. The standard InChI is InChI=1S/C13H15ClFNO/c14-12-7-9(3-4-13(12)15)6-11(17)8-10-2-1-5-16-10/h3-4,7,10,16H,1-2,5-6,8H2. The molecule has 0 amide bonds. The quantitative estimate of drug-likeness (QED) is 0.896. The number of carbonyl (C=O) groups excluding carboxylic acids is 1. The summed E-state index contributed by atoms with van der Waals surface area (Å²) in [6.07, 6.45) is 3.09. The molecule has 2 nitrogen and oxygen atoms in total. The van der Waals surface area contributed by atoms with Crippen LogP contribution < -0.4 is 5.32 Å². The van der Waals surface area contributed by atoms with Gasteiger partial charge in [0.25, 0.3) is 0 Å². The molecule has 1 aromatic rings. The Kier molecular flexibility index (Phi) is 4.13. The molecule has 1 atom stereocenters. The van der Waals surface area contributed by atoms with Crippen LogP contribution in [0.25, 0.3) is 0 Å². The lowest BCUT2D eigenvalue weighted by atomic mass is 10.0. The van der Waals surface area contributed by atoms with Gasteiger partial charge in [-0.05, 0) is 37.1 Å². The summed E-state index contributed by atoms with van der Waals surface area (Å²) in [6.45, 7) is 1.00. The average Bonchev–Trinajstić information content (AvgIpc) is 2.76. The molecule has 1 N–H and O–H groups in total. The summed E-state index contributed by atoms with van der Waals surface area (Å²) in [7, 11) is 0. The average molecular weight is 256 g/mol. The molecule has 0 radical (unpaired) electrons. The summed E-state index contributed by atoms with van der Waals surface area (Å²) in [5, 5.41) is 3.36. The van der Waals surface area contributed by atoms with Crippen LogP contribution in [0.4, 0.5) is 4.39 Å². The van der Waals surface area contributed by atoms with Gasteiger partial charge in [0.2, 0.25) is 0 Å². The number of benzene rings is 1. The van der Waals surface area contributed by atoms with E-state index in [-0.39, 0.29) is 10.8 Å². The molecule has 0 aliphatic carbocycles. The number of hydrogen-bond acceptors (Lipinski definition) is 2. The van der Waals surface area contributed by atoms with Crippen molar-refractivity contribution >= 4 is 17.4 Å². The fraction of sp³-hybridized carbons (Fsp3) is 0.462. The van der Waals surface area contributed by atoms with Crippen LogP contribution in [0.5, 0.6) is 0 Å². The smallest absolute Gasteiger partial charge is 0.141 e. The molecule has 1 aliphatic rings. The third-order valence-corrected chi connectivity index (χ3v) is 3.31. The van der Waals surface area contributed by atoms with E-state index >= 15 is 0 Å². The summed E-state index contributed by atoms with van der Waals surface area (Å²) in [5.41, 5.74) is 0.777. The van der Waals surface area contributed by atoms with Crippen molar-refractivity contribution in [3.8, 4) is 0 Å². The third-order valence-electron chi connectivity index (χ3n) is 3.02. The van der Waals surface area contributed by atoms with Gasteiger partial charge in [0.1, 0.15) is 11.6 Å². The van der Waals surface area contributed by atoms with E-state index < -0.39 is 5.82 Å². The topological polar surface area (TPSA) is 29.1 Å².